The molecular formula is C20H23N3O3. The van der Waals surface area contributed by atoms with E-state index >= 15 is 0 Å². The summed E-state index contributed by atoms with van der Waals surface area (Å²) in [6, 6.07) is 14.4. The van der Waals surface area contributed by atoms with E-state index < -0.39 is 10.8 Å². The normalized spacial score (nSPS) is 14.1. The van der Waals surface area contributed by atoms with Crippen molar-refractivity contribution >= 4 is 17.3 Å². The standard InChI is InChI=1S/C20H23N3O3/c24-20(18-6-2-3-7-19(18)23(25)26)21-13-12-16-8-10-17(11-9-16)22-14-4-1-5-15-22/h2-3,6-11H,1,4-5,12-15H2,(H,21,24). The van der Waals surface area contributed by atoms with Crippen molar-refractivity contribution in [2.75, 3.05) is 24.5 Å². The fourth-order valence-corrected chi connectivity index (χ4v) is 3.27. The van der Waals surface area contributed by atoms with Crippen LogP contribution in [-0.2, 0) is 6.42 Å². The number of carbonyl (C=O) groups is 1. The van der Waals surface area contributed by atoms with Crippen LogP contribution in [0, 0.1) is 10.1 Å². The highest BCUT2D eigenvalue weighted by molar-refractivity contribution is 5.98. The molecule has 0 bridgehead atoms. The second-order valence-corrected chi connectivity index (χ2v) is 6.49. The van der Waals surface area contributed by atoms with E-state index in [1.807, 2.05) is 0 Å². The van der Waals surface area contributed by atoms with Gasteiger partial charge in [0.05, 0.1) is 4.92 Å². The maximum absolute atomic E-state index is 12.2. The van der Waals surface area contributed by atoms with E-state index in [2.05, 4.69) is 34.5 Å². The molecular weight excluding hydrogens is 330 g/mol. The molecule has 1 saturated heterocycles. The number of carbonyl (C=O) groups excluding carboxylic acids is 1. The van der Waals surface area contributed by atoms with E-state index in [1.165, 1.54) is 37.1 Å². The van der Waals surface area contributed by atoms with Gasteiger partial charge >= 0.3 is 0 Å². The SMILES string of the molecule is O=C(NCCc1ccc(N2CCCCC2)cc1)c1ccccc1[N+](=O)[O-]. The van der Waals surface area contributed by atoms with Gasteiger partial charge in [0.25, 0.3) is 11.6 Å². The highest BCUT2D eigenvalue weighted by Crippen LogP contribution is 2.20. The van der Waals surface area contributed by atoms with Crippen LogP contribution in [0.3, 0.4) is 0 Å². The Morgan fingerprint density at radius 1 is 1.04 bits per heavy atom. The van der Waals surface area contributed by atoms with Crippen molar-refractivity contribution in [2.24, 2.45) is 0 Å². The van der Waals surface area contributed by atoms with Gasteiger partial charge in [-0.15, -0.1) is 0 Å². The summed E-state index contributed by atoms with van der Waals surface area (Å²) in [6.45, 7) is 2.67. The lowest BCUT2D eigenvalue weighted by Crippen LogP contribution is -2.29. The maximum atomic E-state index is 12.2. The first-order chi connectivity index (χ1) is 12.6. The topological polar surface area (TPSA) is 75.5 Å². The lowest BCUT2D eigenvalue weighted by Gasteiger charge is -2.28. The monoisotopic (exact) mass is 353 g/mol. The molecule has 0 atom stereocenters. The third-order valence-corrected chi connectivity index (χ3v) is 4.70. The molecule has 0 unspecified atom stereocenters. The van der Waals surface area contributed by atoms with Crippen molar-refractivity contribution in [3.05, 3.63) is 69.8 Å². The van der Waals surface area contributed by atoms with Crippen LogP contribution in [0.2, 0.25) is 0 Å². The second kappa shape index (κ2) is 8.47. The fraction of sp³-hybridized carbons (Fsp3) is 0.350. The zero-order valence-electron chi connectivity index (χ0n) is 14.7. The van der Waals surface area contributed by atoms with E-state index in [0.717, 1.165) is 18.7 Å². The van der Waals surface area contributed by atoms with Crippen molar-refractivity contribution in [1.29, 1.82) is 0 Å². The van der Waals surface area contributed by atoms with E-state index in [9.17, 15) is 14.9 Å². The zero-order chi connectivity index (χ0) is 18.4. The van der Waals surface area contributed by atoms with Gasteiger partial charge in [0.1, 0.15) is 5.56 Å². The summed E-state index contributed by atoms with van der Waals surface area (Å²) < 4.78 is 0. The number of anilines is 1. The third kappa shape index (κ3) is 4.39. The number of para-hydroxylation sites is 1. The number of nitro groups is 1. The van der Waals surface area contributed by atoms with Gasteiger partial charge in [-0.3, -0.25) is 14.9 Å². The summed E-state index contributed by atoms with van der Waals surface area (Å²) in [6.07, 6.45) is 4.50. The molecule has 1 amide bonds. The highest BCUT2D eigenvalue weighted by atomic mass is 16.6. The maximum Gasteiger partial charge on any atom is 0.282 e. The largest absolute Gasteiger partial charge is 0.372 e. The Morgan fingerprint density at radius 2 is 1.73 bits per heavy atom. The second-order valence-electron chi connectivity index (χ2n) is 6.49. The van der Waals surface area contributed by atoms with Gasteiger partial charge in [-0.05, 0) is 49.4 Å². The molecule has 1 aliphatic heterocycles. The Morgan fingerprint density at radius 3 is 2.42 bits per heavy atom. The molecule has 2 aromatic rings. The van der Waals surface area contributed by atoms with E-state index in [1.54, 1.807) is 12.1 Å². The van der Waals surface area contributed by atoms with Crippen molar-refractivity contribution in [2.45, 2.75) is 25.7 Å². The van der Waals surface area contributed by atoms with Gasteiger partial charge in [-0.1, -0.05) is 24.3 Å². The predicted octanol–water partition coefficient (Wildman–Crippen LogP) is 3.56. The molecule has 26 heavy (non-hydrogen) atoms. The van der Waals surface area contributed by atoms with Crippen molar-refractivity contribution in [1.82, 2.24) is 5.32 Å². The minimum absolute atomic E-state index is 0.0953. The minimum Gasteiger partial charge on any atom is -0.372 e. The van der Waals surface area contributed by atoms with E-state index in [0.29, 0.717) is 13.0 Å². The van der Waals surface area contributed by atoms with Crippen molar-refractivity contribution < 1.29 is 9.72 Å². The summed E-state index contributed by atoms with van der Waals surface area (Å²) in [5.74, 6) is -0.415. The molecule has 0 spiro atoms. The summed E-state index contributed by atoms with van der Waals surface area (Å²) in [5.41, 5.74) is 2.31. The number of nitrogens with one attached hydrogen (secondary N) is 1. The third-order valence-electron chi connectivity index (χ3n) is 4.70. The lowest BCUT2D eigenvalue weighted by atomic mass is 10.1. The highest BCUT2D eigenvalue weighted by Gasteiger charge is 2.18. The summed E-state index contributed by atoms with van der Waals surface area (Å²) >= 11 is 0. The van der Waals surface area contributed by atoms with Crippen LogP contribution in [0.25, 0.3) is 0 Å². The van der Waals surface area contributed by atoms with E-state index in [-0.39, 0.29) is 11.3 Å². The molecule has 0 saturated carbocycles. The van der Waals surface area contributed by atoms with Crippen LogP contribution < -0.4 is 10.2 Å². The van der Waals surface area contributed by atoms with Crippen LogP contribution in [0.5, 0.6) is 0 Å². The molecule has 2 aromatic carbocycles. The predicted molar refractivity (Wildman–Crippen MR) is 102 cm³/mol. The van der Waals surface area contributed by atoms with Gasteiger partial charge in [0.2, 0.25) is 0 Å². The van der Waals surface area contributed by atoms with Gasteiger partial charge in [0, 0.05) is 31.4 Å². The number of piperidine rings is 1. The number of nitro benzene ring substituents is 1. The molecule has 0 aliphatic carbocycles. The van der Waals surface area contributed by atoms with E-state index in [4.69, 9.17) is 0 Å². The van der Waals surface area contributed by atoms with Crippen LogP contribution >= 0.6 is 0 Å². The van der Waals surface area contributed by atoms with Gasteiger partial charge in [-0.2, -0.15) is 0 Å². The molecule has 1 N–H and O–H groups in total. The first kappa shape index (κ1) is 17.9. The smallest absolute Gasteiger partial charge is 0.282 e. The number of rotatable bonds is 6. The molecule has 136 valence electrons. The van der Waals surface area contributed by atoms with Gasteiger partial charge < -0.3 is 10.2 Å². The molecule has 6 heteroatoms. The van der Waals surface area contributed by atoms with Crippen LogP contribution in [0.15, 0.2) is 48.5 Å². The first-order valence-corrected chi connectivity index (χ1v) is 9.00. The first-order valence-electron chi connectivity index (χ1n) is 9.00. The molecule has 1 aliphatic rings. The Hall–Kier alpha value is -2.89. The molecule has 1 fully saturated rings. The van der Waals surface area contributed by atoms with Crippen LogP contribution in [-0.4, -0.2) is 30.5 Å². The molecule has 3 rings (SSSR count). The zero-order valence-corrected chi connectivity index (χ0v) is 14.7. The molecule has 0 aromatic heterocycles. The van der Waals surface area contributed by atoms with Crippen molar-refractivity contribution in [3.8, 4) is 0 Å². The molecule has 6 nitrogen and oxygen atoms in total. The number of nitrogens with zero attached hydrogens (tertiary/aromatic N) is 2. The summed E-state index contributed by atoms with van der Waals surface area (Å²) in [5, 5.41) is 13.8. The van der Waals surface area contributed by atoms with Crippen molar-refractivity contribution in [3.63, 3.8) is 0 Å². The molecule has 0 radical (unpaired) electrons. The number of hydrogen-bond donors (Lipinski definition) is 1. The number of hydrogen-bond acceptors (Lipinski definition) is 4. The average Bonchev–Trinajstić information content (AvgIpc) is 2.69. The Balaban J connectivity index is 1.53. The fourth-order valence-electron chi connectivity index (χ4n) is 3.27. The lowest BCUT2D eigenvalue weighted by molar-refractivity contribution is -0.385. The average molecular weight is 353 g/mol. The number of amides is 1. The van der Waals surface area contributed by atoms with Crippen LogP contribution in [0.4, 0.5) is 11.4 Å². The van der Waals surface area contributed by atoms with Crippen LogP contribution in [0.1, 0.15) is 35.2 Å². The molecule has 1 heterocycles. The van der Waals surface area contributed by atoms with Gasteiger partial charge in [0.15, 0.2) is 0 Å². The Kier molecular flexibility index (Phi) is 5.84. The quantitative estimate of drug-likeness (QED) is 0.636. The minimum atomic E-state index is -0.533. The Labute approximate surface area is 153 Å². The Bertz CT molecular complexity index is 768. The summed E-state index contributed by atoms with van der Waals surface area (Å²) in [7, 11) is 0. The summed E-state index contributed by atoms with van der Waals surface area (Å²) in [4.78, 5) is 25.1. The van der Waals surface area contributed by atoms with Gasteiger partial charge in [-0.25, -0.2) is 0 Å². The number of benzene rings is 2.